The Balaban J connectivity index is 1.64. The normalized spacial score (nSPS) is 15.1. The van der Waals surface area contributed by atoms with Crippen molar-refractivity contribution in [1.29, 1.82) is 0 Å². The SMILES string of the molecule is COc1ccc(-c2nnc(SC(C)C(=O)NC3CCCC3)n2-c2ccc(Cl)cc2)cc1. The van der Waals surface area contributed by atoms with Crippen molar-refractivity contribution in [1.82, 2.24) is 20.1 Å². The number of nitrogens with one attached hydrogen (secondary N) is 1. The molecular weight excluding hydrogens is 432 g/mol. The van der Waals surface area contributed by atoms with Crippen LogP contribution in [0.5, 0.6) is 5.75 Å². The highest BCUT2D eigenvalue weighted by Crippen LogP contribution is 2.31. The fourth-order valence-corrected chi connectivity index (χ4v) is 4.70. The standard InChI is InChI=1S/C23H25ClN4O2S/c1-15(22(29)25-18-5-3-4-6-18)31-23-27-26-21(16-7-13-20(30-2)14-8-16)28(23)19-11-9-17(24)10-12-19/h7-15,18H,3-6H2,1-2H3,(H,25,29). The van der Waals surface area contributed by atoms with Crippen LogP contribution in [0.2, 0.25) is 5.02 Å². The van der Waals surface area contributed by atoms with E-state index in [0.717, 1.165) is 29.8 Å². The minimum absolute atomic E-state index is 0.0357. The van der Waals surface area contributed by atoms with Crippen LogP contribution in [0, 0.1) is 0 Å². The lowest BCUT2D eigenvalue weighted by Crippen LogP contribution is -2.37. The third-order valence-electron chi connectivity index (χ3n) is 5.42. The maximum atomic E-state index is 12.7. The lowest BCUT2D eigenvalue weighted by Gasteiger charge is -2.17. The van der Waals surface area contributed by atoms with Gasteiger partial charge < -0.3 is 10.1 Å². The number of hydrogen-bond acceptors (Lipinski definition) is 5. The van der Waals surface area contributed by atoms with E-state index in [-0.39, 0.29) is 11.2 Å². The van der Waals surface area contributed by atoms with Gasteiger partial charge in [0.05, 0.1) is 12.4 Å². The molecule has 0 radical (unpaired) electrons. The third-order valence-corrected chi connectivity index (χ3v) is 6.71. The molecule has 31 heavy (non-hydrogen) atoms. The molecule has 1 atom stereocenters. The van der Waals surface area contributed by atoms with Crippen LogP contribution >= 0.6 is 23.4 Å². The number of carbonyl (C=O) groups excluding carboxylic acids is 1. The molecule has 0 saturated heterocycles. The van der Waals surface area contributed by atoms with Gasteiger partial charge in [-0.1, -0.05) is 36.2 Å². The molecule has 1 heterocycles. The summed E-state index contributed by atoms with van der Waals surface area (Å²) >= 11 is 7.50. The topological polar surface area (TPSA) is 69.0 Å². The average Bonchev–Trinajstić information content (AvgIpc) is 3.44. The van der Waals surface area contributed by atoms with E-state index >= 15 is 0 Å². The van der Waals surface area contributed by atoms with E-state index in [1.54, 1.807) is 7.11 Å². The van der Waals surface area contributed by atoms with Gasteiger partial charge in [0.2, 0.25) is 5.91 Å². The first-order chi connectivity index (χ1) is 15.0. The lowest BCUT2D eigenvalue weighted by molar-refractivity contribution is -0.120. The van der Waals surface area contributed by atoms with Crippen molar-refractivity contribution in [2.45, 2.75) is 49.1 Å². The predicted molar refractivity (Wildman–Crippen MR) is 124 cm³/mol. The molecule has 3 aromatic rings. The molecule has 1 aliphatic rings. The largest absolute Gasteiger partial charge is 0.497 e. The molecule has 1 saturated carbocycles. The highest BCUT2D eigenvalue weighted by Gasteiger charge is 2.24. The fourth-order valence-electron chi connectivity index (χ4n) is 3.70. The average molecular weight is 457 g/mol. The van der Waals surface area contributed by atoms with Crippen molar-refractivity contribution in [3.8, 4) is 22.8 Å². The van der Waals surface area contributed by atoms with Crippen molar-refractivity contribution in [3.63, 3.8) is 0 Å². The van der Waals surface area contributed by atoms with Crippen LogP contribution in [0.3, 0.4) is 0 Å². The van der Waals surface area contributed by atoms with Crippen LogP contribution in [0.25, 0.3) is 17.1 Å². The number of thioether (sulfide) groups is 1. The highest BCUT2D eigenvalue weighted by molar-refractivity contribution is 8.00. The Morgan fingerprint density at radius 1 is 1.13 bits per heavy atom. The van der Waals surface area contributed by atoms with E-state index in [4.69, 9.17) is 16.3 Å². The Bertz CT molecular complexity index is 1030. The molecule has 1 aromatic heterocycles. The summed E-state index contributed by atoms with van der Waals surface area (Å²) in [7, 11) is 1.64. The highest BCUT2D eigenvalue weighted by atomic mass is 35.5. The van der Waals surface area contributed by atoms with Gasteiger partial charge in [-0.15, -0.1) is 10.2 Å². The van der Waals surface area contributed by atoms with Crippen molar-refractivity contribution < 1.29 is 9.53 Å². The Morgan fingerprint density at radius 3 is 2.45 bits per heavy atom. The molecule has 6 nitrogen and oxygen atoms in total. The summed E-state index contributed by atoms with van der Waals surface area (Å²) in [5.41, 5.74) is 1.78. The van der Waals surface area contributed by atoms with Gasteiger partial charge in [0, 0.05) is 22.3 Å². The number of hydrogen-bond donors (Lipinski definition) is 1. The first-order valence-corrected chi connectivity index (χ1v) is 11.6. The number of aromatic nitrogens is 3. The van der Waals surface area contributed by atoms with Crippen molar-refractivity contribution in [3.05, 3.63) is 53.6 Å². The number of ether oxygens (including phenoxy) is 1. The van der Waals surface area contributed by atoms with Crippen LogP contribution in [-0.2, 0) is 4.79 Å². The van der Waals surface area contributed by atoms with Gasteiger partial charge in [-0.2, -0.15) is 0 Å². The molecule has 2 aromatic carbocycles. The quantitative estimate of drug-likeness (QED) is 0.499. The van der Waals surface area contributed by atoms with Crippen LogP contribution in [0.15, 0.2) is 53.7 Å². The molecule has 8 heteroatoms. The summed E-state index contributed by atoms with van der Waals surface area (Å²) in [6.45, 7) is 1.91. The first kappa shape index (κ1) is 21.7. The lowest BCUT2D eigenvalue weighted by atomic mass is 10.2. The molecule has 0 aliphatic heterocycles. The van der Waals surface area contributed by atoms with Crippen molar-refractivity contribution >= 4 is 29.3 Å². The van der Waals surface area contributed by atoms with Gasteiger partial charge in [0.15, 0.2) is 11.0 Å². The Labute approximate surface area is 191 Å². The second kappa shape index (κ2) is 9.75. The Hall–Kier alpha value is -2.51. The maximum Gasteiger partial charge on any atom is 0.233 e. The molecule has 1 aliphatic carbocycles. The molecule has 1 amide bonds. The van der Waals surface area contributed by atoms with Gasteiger partial charge >= 0.3 is 0 Å². The van der Waals surface area contributed by atoms with Gasteiger partial charge in [-0.05, 0) is 68.3 Å². The van der Waals surface area contributed by atoms with Gasteiger partial charge in [0.1, 0.15) is 5.75 Å². The van der Waals surface area contributed by atoms with Crippen LogP contribution < -0.4 is 10.1 Å². The zero-order valence-electron chi connectivity index (χ0n) is 17.5. The molecule has 1 unspecified atom stereocenters. The molecule has 1 fully saturated rings. The number of methoxy groups -OCH3 is 1. The van der Waals surface area contributed by atoms with E-state index in [0.29, 0.717) is 22.0 Å². The van der Waals surface area contributed by atoms with Gasteiger partial charge in [-0.3, -0.25) is 9.36 Å². The van der Waals surface area contributed by atoms with Gasteiger partial charge in [0.25, 0.3) is 0 Å². The Kier molecular flexibility index (Phi) is 6.83. The second-order valence-electron chi connectivity index (χ2n) is 7.60. The summed E-state index contributed by atoms with van der Waals surface area (Å²) in [6, 6.07) is 15.5. The molecule has 0 bridgehead atoms. The first-order valence-electron chi connectivity index (χ1n) is 10.4. The molecule has 1 N–H and O–H groups in total. The number of carbonyl (C=O) groups is 1. The monoisotopic (exact) mass is 456 g/mol. The third kappa shape index (κ3) is 5.05. The fraction of sp³-hybridized carbons (Fsp3) is 0.348. The van der Waals surface area contributed by atoms with Crippen LogP contribution in [0.1, 0.15) is 32.6 Å². The number of benzene rings is 2. The zero-order valence-corrected chi connectivity index (χ0v) is 19.1. The predicted octanol–water partition coefficient (Wildman–Crippen LogP) is 5.14. The smallest absolute Gasteiger partial charge is 0.233 e. The molecule has 4 rings (SSSR count). The molecule has 0 spiro atoms. The van der Waals surface area contributed by atoms with Crippen LogP contribution in [-0.4, -0.2) is 39.1 Å². The molecular formula is C23H25ClN4O2S. The Morgan fingerprint density at radius 2 is 1.81 bits per heavy atom. The van der Waals surface area contributed by atoms with Crippen LogP contribution in [0.4, 0.5) is 0 Å². The maximum absolute atomic E-state index is 12.7. The number of nitrogens with zero attached hydrogens (tertiary/aromatic N) is 3. The number of rotatable bonds is 7. The minimum Gasteiger partial charge on any atom is -0.497 e. The van der Waals surface area contributed by atoms with Crippen molar-refractivity contribution in [2.24, 2.45) is 0 Å². The van der Waals surface area contributed by atoms with E-state index in [2.05, 4.69) is 15.5 Å². The molecule has 162 valence electrons. The van der Waals surface area contributed by atoms with E-state index in [1.165, 1.54) is 24.6 Å². The summed E-state index contributed by atoms with van der Waals surface area (Å²) in [5, 5.41) is 13.0. The number of halogens is 1. The summed E-state index contributed by atoms with van der Waals surface area (Å²) in [5.74, 6) is 1.50. The zero-order chi connectivity index (χ0) is 21.8. The van der Waals surface area contributed by atoms with Crippen molar-refractivity contribution in [2.75, 3.05) is 7.11 Å². The summed E-state index contributed by atoms with van der Waals surface area (Å²) < 4.78 is 7.23. The minimum atomic E-state index is -0.292. The second-order valence-corrected chi connectivity index (χ2v) is 9.34. The van der Waals surface area contributed by atoms with E-state index in [1.807, 2.05) is 60.0 Å². The summed E-state index contributed by atoms with van der Waals surface area (Å²) in [6.07, 6.45) is 4.49. The number of amides is 1. The van der Waals surface area contributed by atoms with E-state index in [9.17, 15) is 4.79 Å². The van der Waals surface area contributed by atoms with Gasteiger partial charge in [-0.25, -0.2) is 0 Å². The summed E-state index contributed by atoms with van der Waals surface area (Å²) in [4.78, 5) is 12.7. The van der Waals surface area contributed by atoms with E-state index < -0.39 is 0 Å².